The van der Waals surface area contributed by atoms with Crippen molar-refractivity contribution in [3.63, 3.8) is 0 Å². The van der Waals surface area contributed by atoms with E-state index in [0.717, 1.165) is 44.2 Å². The zero-order chi connectivity index (χ0) is 48.8. The van der Waals surface area contributed by atoms with Crippen LogP contribution in [0.4, 0.5) is 0 Å². The van der Waals surface area contributed by atoms with Crippen LogP contribution >= 0.6 is 32.9 Å². The first kappa shape index (κ1) is 56.8. The van der Waals surface area contributed by atoms with Gasteiger partial charge in [-0.1, -0.05) is 106 Å². The highest BCUT2D eigenvalue weighted by Gasteiger charge is 2.37. The molecule has 0 spiro atoms. The molecular formula is C48H78N8O7S3. The van der Waals surface area contributed by atoms with Crippen LogP contribution < -0.4 is 27.0 Å². The molecule has 1 aliphatic heterocycles. The Morgan fingerprint density at radius 2 is 1.68 bits per heavy atom. The molecule has 3 rings (SSSR count). The van der Waals surface area contributed by atoms with Gasteiger partial charge in [-0.2, -0.15) is 0 Å². The summed E-state index contributed by atoms with van der Waals surface area (Å²) in [4.78, 5) is 87.1. The van der Waals surface area contributed by atoms with Crippen molar-refractivity contribution in [2.45, 2.75) is 143 Å². The maximum Gasteiger partial charge on any atom is 0.270 e. The Balaban J connectivity index is 1.67. The number of thiazole rings is 1. The third kappa shape index (κ3) is 19.2. The lowest BCUT2D eigenvalue weighted by Gasteiger charge is -2.38. The minimum absolute atomic E-state index is 0.000193. The van der Waals surface area contributed by atoms with Gasteiger partial charge in [0.25, 0.3) is 5.91 Å². The minimum Gasteiger partial charge on any atom is -0.371 e. The predicted molar refractivity (Wildman–Crippen MR) is 268 cm³/mol. The third-order valence-corrected chi connectivity index (χ3v) is 15.5. The second-order valence-corrected chi connectivity index (χ2v) is 21.6. The van der Waals surface area contributed by atoms with E-state index in [1.54, 1.807) is 10.3 Å². The number of nitrogens with zero attached hydrogens (tertiary/aromatic N) is 3. The van der Waals surface area contributed by atoms with E-state index in [4.69, 9.17) is 15.5 Å². The number of ether oxygens (including phenoxy) is 1. The molecule has 1 aliphatic rings. The van der Waals surface area contributed by atoms with Crippen LogP contribution in [0.25, 0.3) is 0 Å². The number of piperidine rings is 1. The summed E-state index contributed by atoms with van der Waals surface area (Å²) in [5.41, 5.74) is 7.26. The standard InChI is InChI=1S/C48H78N8O7S3/c1-10-24-63-41(28-40(31(3)4)56(9)48(62)42(32(5)11-2)54-46(61)39-19-15-16-23-55(39)8)47-53-38(30-64-47)45(60)52-36(27-35-17-13-12-14-18-35)26-33(6)43(58)51-22-25-65-66-29-37(49)44(59)50-21-20-34(7)57/h12-14,17-18,30-33,36-37,39-42H,10-11,15-16,19-29,49H2,1-9H3,(H,50,59)(H,51,58)(H,52,60)(H,54,61). The Bertz CT molecular complexity index is 1820. The molecule has 1 aromatic heterocycles. The van der Waals surface area contributed by atoms with E-state index in [9.17, 15) is 28.8 Å². The fraction of sp³-hybridized carbons (Fsp3) is 0.688. The molecule has 0 saturated carbocycles. The first-order chi connectivity index (χ1) is 31.5. The number of likely N-dealkylation sites (N-methyl/N-ethyl adjacent to an activating group) is 2. The summed E-state index contributed by atoms with van der Waals surface area (Å²) in [5.74, 6) is -0.412. The molecule has 8 atom stereocenters. The van der Waals surface area contributed by atoms with Crippen LogP contribution in [0.2, 0.25) is 0 Å². The molecule has 2 aromatic rings. The first-order valence-electron chi connectivity index (χ1n) is 23.7. The second kappa shape index (κ2) is 30.0. The molecule has 370 valence electrons. The van der Waals surface area contributed by atoms with Crippen molar-refractivity contribution in [3.05, 3.63) is 52.0 Å². The van der Waals surface area contributed by atoms with Gasteiger partial charge in [0.15, 0.2) is 0 Å². The van der Waals surface area contributed by atoms with Crippen molar-refractivity contribution >= 4 is 68.2 Å². The van der Waals surface area contributed by atoms with Crippen LogP contribution in [0.3, 0.4) is 0 Å². The monoisotopic (exact) mass is 975 g/mol. The van der Waals surface area contributed by atoms with E-state index in [1.807, 2.05) is 72.1 Å². The van der Waals surface area contributed by atoms with Gasteiger partial charge in [0.1, 0.15) is 28.6 Å². The average molecular weight is 975 g/mol. The van der Waals surface area contributed by atoms with E-state index >= 15 is 0 Å². The van der Waals surface area contributed by atoms with Crippen molar-refractivity contribution in [2.75, 3.05) is 51.8 Å². The van der Waals surface area contributed by atoms with E-state index in [0.29, 0.717) is 48.9 Å². The third-order valence-electron chi connectivity index (χ3n) is 12.1. The normalized spacial score (nSPS) is 17.4. The predicted octanol–water partition coefficient (Wildman–Crippen LogP) is 5.79. The van der Waals surface area contributed by atoms with Crippen LogP contribution in [0.5, 0.6) is 0 Å². The van der Waals surface area contributed by atoms with Gasteiger partial charge < -0.3 is 36.6 Å². The summed E-state index contributed by atoms with van der Waals surface area (Å²) in [7, 11) is 6.74. The molecule has 1 aromatic carbocycles. The lowest BCUT2D eigenvalue weighted by molar-refractivity contribution is -0.141. The number of likely N-dealkylation sites (tertiary alicyclic amines) is 1. The number of ketones is 1. The van der Waals surface area contributed by atoms with Crippen molar-refractivity contribution in [1.29, 1.82) is 0 Å². The van der Waals surface area contributed by atoms with Crippen molar-refractivity contribution < 1.29 is 33.5 Å². The Labute approximate surface area is 405 Å². The maximum absolute atomic E-state index is 14.4. The van der Waals surface area contributed by atoms with E-state index in [2.05, 4.69) is 40.0 Å². The van der Waals surface area contributed by atoms with Crippen LogP contribution in [-0.2, 0) is 35.1 Å². The highest BCUT2D eigenvalue weighted by molar-refractivity contribution is 8.76. The number of carbonyl (C=O) groups is 6. The van der Waals surface area contributed by atoms with Crippen LogP contribution in [0.1, 0.15) is 127 Å². The number of aromatic nitrogens is 1. The summed E-state index contributed by atoms with van der Waals surface area (Å²) in [5, 5.41) is 14.4. The van der Waals surface area contributed by atoms with Gasteiger partial charge in [0.2, 0.25) is 23.6 Å². The van der Waals surface area contributed by atoms with E-state index in [-0.39, 0.29) is 83.9 Å². The maximum atomic E-state index is 14.4. The molecule has 6 N–H and O–H groups in total. The van der Waals surface area contributed by atoms with Crippen molar-refractivity contribution in [1.82, 2.24) is 36.1 Å². The molecule has 66 heavy (non-hydrogen) atoms. The molecule has 0 aliphatic carbocycles. The van der Waals surface area contributed by atoms with Crippen LogP contribution in [-0.4, -0.2) is 132 Å². The van der Waals surface area contributed by atoms with E-state index in [1.165, 1.54) is 39.8 Å². The quantitative estimate of drug-likeness (QED) is 0.0467. The number of carbonyl (C=O) groups excluding carboxylic acids is 6. The fourth-order valence-electron chi connectivity index (χ4n) is 7.88. The number of Topliss-reactive ketones (excluding diaryl/α,β-unsaturated/α-hetero) is 1. The number of benzene rings is 1. The van der Waals surface area contributed by atoms with Gasteiger partial charge in [-0.25, -0.2) is 4.98 Å². The van der Waals surface area contributed by atoms with Crippen molar-refractivity contribution in [3.8, 4) is 0 Å². The Hall–Kier alpha value is -3.55. The smallest absolute Gasteiger partial charge is 0.270 e. The Morgan fingerprint density at radius 3 is 2.33 bits per heavy atom. The average Bonchev–Trinajstić information content (AvgIpc) is 3.79. The lowest BCUT2D eigenvalue weighted by Crippen LogP contribution is -2.58. The fourth-order valence-corrected chi connectivity index (χ4v) is 10.8. The summed E-state index contributed by atoms with van der Waals surface area (Å²) >= 11 is 1.35. The number of hydrogen-bond acceptors (Lipinski definition) is 13. The first-order valence-corrected chi connectivity index (χ1v) is 27.1. The molecule has 5 amide bonds. The molecule has 2 heterocycles. The highest BCUT2D eigenvalue weighted by Crippen LogP contribution is 2.31. The summed E-state index contributed by atoms with van der Waals surface area (Å²) < 4.78 is 6.42. The lowest BCUT2D eigenvalue weighted by atomic mass is 9.92. The minimum atomic E-state index is -0.697. The molecule has 15 nitrogen and oxygen atoms in total. The van der Waals surface area contributed by atoms with Crippen molar-refractivity contribution in [2.24, 2.45) is 23.5 Å². The van der Waals surface area contributed by atoms with Gasteiger partial charge in [-0.05, 0) is 70.0 Å². The van der Waals surface area contributed by atoms with Gasteiger partial charge in [-0.3, -0.25) is 33.7 Å². The molecule has 0 bridgehead atoms. The SMILES string of the molecule is CCCOC(CC(C(C)C)N(C)C(=O)C(NC(=O)C1CCCCN1C)C(C)CC)c1nc(C(=O)NC(Cc2ccccc2)CC(C)C(=O)NCCSSCC(N)C(=O)NCCC(C)=O)cs1. The molecule has 1 fully saturated rings. The van der Waals surface area contributed by atoms with Crippen LogP contribution in [0.15, 0.2) is 35.7 Å². The Kier molecular flexibility index (Phi) is 25.8. The van der Waals surface area contributed by atoms with Gasteiger partial charge in [0.05, 0.1) is 12.1 Å². The zero-order valence-electron chi connectivity index (χ0n) is 40.8. The molecule has 8 unspecified atom stereocenters. The Morgan fingerprint density at radius 1 is 0.970 bits per heavy atom. The van der Waals surface area contributed by atoms with Gasteiger partial charge in [-0.15, -0.1) is 11.3 Å². The number of nitrogens with one attached hydrogen (secondary N) is 4. The number of hydrogen-bond donors (Lipinski definition) is 5. The van der Waals surface area contributed by atoms with Gasteiger partial charge >= 0.3 is 0 Å². The molecule has 0 radical (unpaired) electrons. The number of rotatable bonds is 30. The van der Waals surface area contributed by atoms with Crippen LogP contribution in [0, 0.1) is 17.8 Å². The number of nitrogens with two attached hydrogens (primary N) is 1. The molecule has 1 saturated heterocycles. The number of amides is 5. The molecular weight excluding hydrogens is 897 g/mol. The summed E-state index contributed by atoms with van der Waals surface area (Å²) in [6.45, 7) is 15.6. The topological polar surface area (TPSA) is 205 Å². The van der Waals surface area contributed by atoms with E-state index < -0.39 is 24.1 Å². The largest absolute Gasteiger partial charge is 0.371 e. The van der Waals surface area contributed by atoms with Gasteiger partial charge in [0, 0.05) is 74.5 Å². The molecule has 18 heteroatoms. The second-order valence-electron chi connectivity index (χ2n) is 18.0. The summed E-state index contributed by atoms with van der Waals surface area (Å²) in [6, 6.07) is 7.60. The highest BCUT2D eigenvalue weighted by atomic mass is 33.1. The zero-order valence-corrected chi connectivity index (χ0v) is 43.2. The summed E-state index contributed by atoms with van der Waals surface area (Å²) in [6.07, 6.45) is 5.49.